The largest absolute Gasteiger partial charge is 0.383 e. The average molecular weight is 254 g/mol. The van der Waals surface area contributed by atoms with Crippen molar-refractivity contribution in [2.75, 3.05) is 11.9 Å². The fourth-order valence-electron chi connectivity index (χ4n) is 1.80. The standard InChI is InChI=1S/C12H16ClN3O/c13-8-3-4-9(12(15)17)11(5-8)16-6-10(14)7-1-2-7/h3-5,7,10,16H,1-2,6,14H2,(H2,15,17). The summed E-state index contributed by atoms with van der Waals surface area (Å²) in [5.41, 5.74) is 12.4. The minimum Gasteiger partial charge on any atom is -0.383 e. The topological polar surface area (TPSA) is 81.1 Å². The number of benzene rings is 1. The van der Waals surface area contributed by atoms with E-state index >= 15 is 0 Å². The molecule has 0 aliphatic heterocycles. The van der Waals surface area contributed by atoms with Crippen molar-refractivity contribution in [1.82, 2.24) is 0 Å². The third-order valence-corrected chi connectivity index (χ3v) is 3.24. The predicted molar refractivity (Wildman–Crippen MR) is 69.2 cm³/mol. The van der Waals surface area contributed by atoms with Gasteiger partial charge in [0.25, 0.3) is 5.91 Å². The highest BCUT2D eigenvalue weighted by Crippen LogP contribution is 2.31. The Morgan fingerprint density at radius 3 is 2.82 bits per heavy atom. The van der Waals surface area contributed by atoms with Crippen LogP contribution < -0.4 is 16.8 Å². The molecule has 4 nitrogen and oxygen atoms in total. The van der Waals surface area contributed by atoms with Gasteiger partial charge in [-0.05, 0) is 37.0 Å². The van der Waals surface area contributed by atoms with Gasteiger partial charge < -0.3 is 16.8 Å². The average Bonchev–Trinajstić information content (AvgIpc) is 3.09. The summed E-state index contributed by atoms with van der Waals surface area (Å²) < 4.78 is 0. The fourth-order valence-corrected chi connectivity index (χ4v) is 1.97. The Labute approximate surface area is 105 Å². The van der Waals surface area contributed by atoms with E-state index in [1.807, 2.05) is 0 Å². The minimum atomic E-state index is -0.468. The Hall–Kier alpha value is -1.26. The predicted octanol–water partition coefficient (Wildman–Crippen LogP) is 1.59. The second-order valence-electron chi connectivity index (χ2n) is 4.44. The lowest BCUT2D eigenvalue weighted by Crippen LogP contribution is -2.31. The van der Waals surface area contributed by atoms with Gasteiger partial charge in [-0.15, -0.1) is 0 Å². The third kappa shape index (κ3) is 3.11. The number of amides is 1. The number of carbonyl (C=O) groups is 1. The van der Waals surface area contributed by atoms with Gasteiger partial charge in [0.15, 0.2) is 0 Å². The summed E-state index contributed by atoms with van der Waals surface area (Å²) in [7, 11) is 0. The summed E-state index contributed by atoms with van der Waals surface area (Å²) in [6.07, 6.45) is 2.39. The molecule has 0 aromatic heterocycles. The second-order valence-corrected chi connectivity index (χ2v) is 4.87. The van der Waals surface area contributed by atoms with E-state index in [1.54, 1.807) is 18.2 Å². The molecule has 1 unspecified atom stereocenters. The van der Waals surface area contributed by atoms with E-state index < -0.39 is 5.91 Å². The van der Waals surface area contributed by atoms with Crippen molar-refractivity contribution in [3.63, 3.8) is 0 Å². The van der Waals surface area contributed by atoms with E-state index in [0.29, 0.717) is 28.7 Å². The molecular formula is C12H16ClN3O. The zero-order valence-corrected chi connectivity index (χ0v) is 10.2. The van der Waals surface area contributed by atoms with Gasteiger partial charge in [-0.3, -0.25) is 4.79 Å². The lowest BCUT2D eigenvalue weighted by atomic mass is 10.1. The number of hydrogen-bond acceptors (Lipinski definition) is 3. The molecule has 5 heteroatoms. The molecule has 17 heavy (non-hydrogen) atoms. The van der Waals surface area contributed by atoms with Crippen LogP contribution in [0.4, 0.5) is 5.69 Å². The minimum absolute atomic E-state index is 0.120. The molecule has 1 aromatic rings. The molecule has 0 saturated heterocycles. The molecule has 2 rings (SSSR count). The van der Waals surface area contributed by atoms with Crippen molar-refractivity contribution in [3.8, 4) is 0 Å². The molecule has 92 valence electrons. The number of halogens is 1. The highest BCUT2D eigenvalue weighted by molar-refractivity contribution is 6.31. The number of primary amides is 1. The number of rotatable bonds is 5. The number of hydrogen-bond donors (Lipinski definition) is 3. The quantitative estimate of drug-likeness (QED) is 0.745. The van der Waals surface area contributed by atoms with Crippen molar-refractivity contribution in [2.45, 2.75) is 18.9 Å². The van der Waals surface area contributed by atoms with Crippen molar-refractivity contribution >= 4 is 23.2 Å². The molecule has 1 aliphatic carbocycles. The first-order valence-corrected chi connectivity index (χ1v) is 6.04. The molecular weight excluding hydrogens is 238 g/mol. The van der Waals surface area contributed by atoms with Gasteiger partial charge in [0.2, 0.25) is 0 Å². The molecule has 5 N–H and O–H groups in total. The van der Waals surface area contributed by atoms with Crippen LogP contribution in [0, 0.1) is 5.92 Å². The van der Waals surface area contributed by atoms with Crippen molar-refractivity contribution in [3.05, 3.63) is 28.8 Å². The Morgan fingerprint density at radius 1 is 1.53 bits per heavy atom. The first kappa shape index (κ1) is 12.2. The van der Waals surface area contributed by atoms with Crippen molar-refractivity contribution in [1.29, 1.82) is 0 Å². The lowest BCUT2D eigenvalue weighted by molar-refractivity contribution is 0.100. The molecule has 1 fully saturated rings. The lowest BCUT2D eigenvalue weighted by Gasteiger charge is -2.14. The molecule has 0 spiro atoms. The maximum Gasteiger partial charge on any atom is 0.250 e. The van der Waals surface area contributed by atoms with E-state index in [0.717, 1.165) is 0 Å². The Morgan fingerprint density at radius 2 is 2.24 bits per heavy atom. The van der Waals surface area contributed by atoms with E-state index in [2.05, 4.69) is 5.32 Å². The fraction of sp³-hybridized carbons (Fsp3) is 0.417. The van der Waals surface area contributed by atoms with E-state index in [4.69, 9.17) is 23.1 Å². The molecule has 0 bridgehead atoms. The molecule has 1 aromatic carbocycles. The highest BCUT2D eigenvalue weighted by atomic mass is 35.5. The molecule has 1 amide bonds. The monoisotopic (exact) mass is 253 g/mol. The molecule has 1 atom stereocenters. The van der Waals surface area contributed by atoms with Crippen LogP contribution in [0.15, 0.2) is 18.2 Å². The van der Waals surface area contributed by atoms with Crippen LogP contribution in [-0.2, 0) is 0 Å². The summed E-state index contributed by atoms with van der Waals surface area (Å²) in [5.74, 6) is 0.142. The van der Waals surface area contributed by atoms with Gasteiger partial charge in [-0.25, -0.2) is 0 Å². The van der Waals surface area contributed by atoms with Gasteiger partial charge in [0, 0.05) is 23.3 Å². The summed E-state index contributed by atoms with van der Waals surface area (Å²) in [4.78, 5) is 11.2. The summed E-state index contributed by atoms with van der Waals surface area (Å²) in [5, 5.41) is 3.71. The molecule has 1 saturated carbocycles. The SMILES string of the molecule is NC(=O)c1ccc(Cl)cc1NCC(N)C1CC1. The number of carbonyl (C=O) groups excluding carboxylic acids is 1. The first-order chi connectivity index (χ1) is 8.08. The van der Waals surface area contributed by atoms with Crippen LogP contribution in [0.25, 0.3) is 0 Å². The van der Waals surface area contributed by atoms with Gasteiger partial charge in [-0.2, -0.15) is 0 Å². The van der Waals surface area contributed by atoms with Gasteiger partial charge in [-0.1, -0.05) is 11.6 Å². The van der Waals surface area contributed by atoms with Crippen LogP contribution in [0.5, 0.6) is 0 Å². The van der Waals surface area contributed by atoms with Crippen LogP contribution in [0.1, 0.15) is 23.2 Å². The highest BCUT2D eigenvalue weighted by Gasteiger charge is 2.28. The number of anilines is 1. The number of nitrogens with one attached hydrogen (secondary N) is 1. The summed E-state index contributed by atoms with van der Waals surface area (Å²) in [6, 6.07) is 5.08. The number of nitrogens with two attached hydrogens (primary N) is 2. The smallest absolute Gasteiger partial charge is 0.250 e. The van der Waals surface area contributed by atoms with Crippen molar-refractivity contribution < 1.29 is 4.79 Å². The Kier molecular flexibility index (Phi) is 3.54. The van der Waals surface area contributed by atoms with Crippen LogP contribution in [-0.4, -0.2) is 18.5 Å². The molecule has 0 radical (unpaired) electrons. The first-order valence-electron chi connectivity index (χ1n) is 5.66. The molecule has 0 heterocycles. The van der Waals surface area contributed by atoms with Gasteiger partial charge in [0.05, 0.1) is 5.56 Å². The maximum absolute atomic E-state index is 11.2. The van der Waals surface area contributed by atoms with Crippen LogP contribution >= 0.6 is 11.6 Å². The summed E-state index contributed by atoms with van der Waals surface area (Å²) in [6.45, 7) is 0.630. The van der Waals surface area contributed by atoms with Crippen LogP contribution in [0.2, 0.25) is 5.02 Å². The summed E-state index contributed by atoms with van der Waals surface area (Å²) >= 11 is 5.89. The third-order valence-electron chi connectivity index (χ3n) is 3.00. The van der Waals surface area contributed by atoms with E-state index in [1.165, 1.54) is 12.8 Å². The zero-order valence-electron chi connectivity index (χ0n) is 9.45. The zero-order chi connectivity index (χ0) is 12.4. The van der Waals surface area contributed by atoms with Crippen molar-refractivity contribution in [2.24, 2.45) is 17.4 Å². The Bertz CT molecular complexity index is 432. The van der Waals surface area contributed by atoms with E-state index in [9.17, 15) is 4.79 Å². The van der Waals surface area contributed by atoms with E-state index in [-0.39, 0.29) is 6.04 Å². The Balaban J connectivity index is 2.07. The normalized spacial score (nSPS) is 16.6. The maximum atomic E-state index is 11.2. The second kappa shape index (κ2) is 4.94. The van der Waals surface area contributed by atoms with Gasteiger partial charge >= 0.3 is 0 Å². The van der Waals surface area contributed by atoms with Crippen LogP contribution in [0.3, 0.4) is 0 Å². The molecule has 1 aliphatic rings. The van der Waals surface area contributed by atoms with Gasteiger partial charge in [0.1, 0.15) is 0 Å².